The summed E-state index contributed by atoms with van der Waals surface area (Å²) in [5.74, 6) is 0.400. The topological polar surface area (TPSA) is 134 Å². The van der Waals surface area contributed by atoms with E-state index >= 15 is 0 Å². The number of hydrogen-bond acceptors (Lipinski definition) is 7. The molecule has 0 spiro atoms. The van der Waals surface area contributed by atoms with Crippen molar-refractivity contribution in [3.8, 4) is 0 Å². The van der Waals surface area contributed by atoms with Crippen molar-refractivity contribution in [3.05, 3.63) is 11.6 Å². The maximum absolute atomic E-state index is 12.0. The first kappa shape index (κ1) is 23.4. The minimum atomic E-state index is -1.72. The summed E-state index contributed by atoms with van der Waals surface area (Å²) in [6, 6.07) is 0. The molecule has 0 radical (unpaired) electrons. The first-order chi connectivity index (χ1) is 15.6. The molecule has 5 aliphatic rings. The van der Waals surface area contributed by atoms with Crippen LogP contribution in [0.3, 0.4) is 0 Å². The molecule has 8 heteroatoms. The summed E-state index contributed by atoms with van der Waals surface area (Å²) in [4.78, 5) is 23.5. The van der Waals surface area contributed by atoms with E-state index < -0.39 is 36.7 Å². The van der Waals surface area contributed by atoms with Gasteiger partial charge in [0.2, 0.25) is 0 Å². The molecule has 0 aromatic heterocycles. The number of ether oxygens (including phenoxy) is 2. The Bertz CT molecular complexity index is 855. The number of allylic oxidation sites excluding steroid dienone is 1. The van der Waals surface area contributed by atoms with Crippen LogP contribution in [0.2, 0.25) is 0 Å². The van der Waals surface area contributed by atoms with Crippen LogP contribution in [0, 0.1) is 28.6 Å². The normalized spacial score (nSPS) is 51.8. The molecular weight excluding hydrogens is 428 g/mol. The van der Waals surface area contributed by atoms with Gasteiger partial charge < -0.3 is 29.9 Å². The molecule has 33 heavy (non-hydrogen) atoms. The van der Waals surface area contributed by atoms with Gasteiger partial charge in [0, 0.05) is 6.42 Å². The molecule has 1 saturated heterocycles. The summed E-state index contributed by atoms with van der Waals surface area (Å²) in [5.41, 5.74) is 1.29. The largest absolute Gasteiger partial charge is 0.479 e. The molecule has 0 unspecified atom stereocenters. The molecule has 5 rings (SSSR count). The second-order valence-electron chi connectivity index (χ2n) is 11.5. The fraction of sp³-hybridized carbons (Fsp3) is 0.840. The molecule has 1 heterocycles. The minimum absolute atomic E-state index is 0.0920. The van der Waals surface area contributed by atoms with Gasteiger partial charge in [0.05, 0.1) is 6.10 Å². The van der Waals surface area contributed by atoms with Gasteiger partial charge in [0.1, 0.15) is 18.3 Å². The number of aliphatic hydroxyl groups excluding tert-OH is 3. The fourth-order valence-electron chi connectivity index (χ4n) is 8.06. The molecule has 1 aliphatic heterocycles. The summed E-state index contributed by atoms with van der Waals surface area (Å²) in [5, 5.41) is 39.9. The van der Waals surface area contributed by atoms with Gasteiger partial charge in [-0.1, -0.05) is 19.4 Å². The highest BCUT2D eigenvalue weighted by Crippen LogP contribution is 2.65. The van der Waals surface area contributed by atoms with Crippen LogP contribution >= 0.6 is 0 Å². The molecule has 8 nitrogen and oxygen atoms in total. The van der Waals surface area contributed by atoms with Gasteiger partial charge in [0.15, 0.2) is 18.2 Å². The smallest absolute Gasteiger partial charge is 0.335 e. The number of carbonyl (C=O) groups is 2. The lowest BCUT2D eigenvalue weighted by Crippen LogP contribution is -2.61. The molecule has 4 aliphatic carbocycles. The minimum Gasteiger partial charge on any atom is -0.479 e. The highest BCUT2D eigenvalue weighted by molar-refractivity contribution is 5.91. The standard InChI is InChI=1S/C25H36O8/c1-24-9-7-13(26)11-12(24)3-4-14-15-5-6-17(25(15,2)10-8-16(14)24)32-23-20(29)18(27)19(28)21(33-23)22(30)31/h11,14-21,23,27-29H,3-10H2,1-2H3,(H,30,31)/t14-,15-,16-,17-,18-,19-,20+,21-,23+,24-,25-/m0/s1. The predicted molar refractivity (Wildman–Crippen MR) is 116 cm³/mol. The van der Waals surface area contributed by atoms with Crippen molar-refractivity contribution >= 4 is 11.8 Å². The van der Waals surface area contributed by atoms with Gasteiger partial charge in [-0.3, -0.25) is 4.79 Å². The third-order valence-electron chi connectivity index (χ3n) is 9.99. The van der Waals surface area contributed by atoms with Gasteiger partial charge in [0.25, 0.3) is 0 Å². The van der Waals surface area contributed by atoms with E-state index in [4.69, 9.17) is 9.47 Å². The number of carboxylic acids is 1. The molecule has 4 N–H and O–H groups in total. The number of carboxylic acid groups (broad SMARTS) is 1. The zero-order valence-corrected chi connectivity index (χ0v) is 19.4. The number of hydrogen-bond donors (Lipinski definition) is 4. The maximum atomic E-state index is 12.0. The number of aliphatic carboxylic acids is 1. The zero-order chi connectivity index (χ0) is 23.7. The van der Waals surface area contributed by atoms with Crippen molar-refractivity contribution in [2.24, 2.45) is 28.6 Å². The van der Waals surface area contributed by atoms with E-state index in [2.05, 4.69) is 13.8 Å². The molecule has 0 aromatic carbocycles. The second-order valence-corrected chi connectivity index (χ2v) is 11.5. The van der Waals surface area contributed by atoms with Gasteiger partial charge in [-0.05, 0) is 79.6 Å². The van der Waals surface area contributed by atoms with E-state index in [-0.39, 0.29) is 22.7 Å². The number of fused-ring (bicyclic) bond motifs is 5. The SMILES string of the molecule is C[C@]12CC[C@H]3[C@@H](CCC4=CC(=O)CC[C@@]43C)[C@@H]1CC[C@@H]2O[C@@H]1O[C@H](C(=O)O)[C@@H](O)[C@H](O)[C@H]1O. The number of rotatable bonds is 3. The summed E-state index contributed by atoms with van der Waals surface area (Å²) >= 11 is 0. The Morgan fingerprint density at radius 2 is 1.76 bits per heavy atom. The van der Waals surface area contributed by atoms with Gasteiger partial charge in [-0.2, -0.15) is 0 Å². The van der Waals surface area contributed by atoms with Gasteiger partial charge in [-0.15, -0.1) is 0 Å². The Labute approximate surface area is 194 Å². The summed E-state index contributed by atoms with van der Waals surface area (Å²) < 4.78 is 11.6. The Kier molecular flexibility index (Phi) is 5.77. The molecule has 0 aromatic rings. The molecule has 11 atom stereocenters. The van der Waals surface area contributed by atoms with E-state index in [1.165, 1.54) is 5.57 Å². The van der Waals surface area contributed by atoms with Crippen molar-refractivity contribution in [1.29, 1.82) is 0 Å². The molecule has 0 amide bonds. The lowest BCUT2D eigenvalue weighted by atomic mass is 9.47. The Morgan fingerprint density at radius 1 is 1.00 bits per heavy atom. The number of ketones is 1. The van der Waals surface area contributed by atoms with Gasteiger partial charge in [-0.25, -0.2) is 4.79 Å². The monoisotopic (exact) mass is 464 g/mol. The van der Waals surface area contributed by atoms with E-state index in [9.17, 15) is 30.0 Å². The molecular formula is C25H36O8. The van der Waals surface area contributed by atoms with Crippen molar-refractivity contribution in [1.82, 2.24) is 0 Å². The van der Waals surface area contributed by atoms with Crippen molar-refractivity contribution < 1.29 is 39.5 Å². The van der Waals surface area contributed by atoms with Crippen LogP contribution in [0.4, 0.5) is 0 Å². The lowest BCUT2D eigenvalue weighted by Gasteiger charge is -2.58. The predicted octanol–water partition coefficient (Wildman–Crippen LogP) is 1.80. The highest BCUT2D eigenvalue weighted by Gasteiger charge is 2.60. The van der Waals surface area contributed by atoms with Crippen LogP contribution in [0.15, 0.2) is 11.6 Å². The van der Waals surface area contributed by atoms with E-state index in [0.29, 0.717) is 24.2 Å². The quantitative estimate of drug-likeness (QED) is 0.497. The van der Waals surface area contributed by atoms with Crippen LogP contribution in [-0.4, -0.2) is 69.0 Å². The van der Waals surface area contributed by atoms with E-state index in [1.807, 2.05) is 6.08 Å². The second kappa shape index (κ2) is 8.12. The Balaban J connectivity index is 1.34. The lowest BCUT2D eigenvalue weighted by molar-refractivity contribution is -0.312. The summed E-state index contributed by atoms with van der Waals surface area (Å²) in [6.45, 7) is 4.58. The van der Waals surface area contributed by atoms with Crippen LogP contribution in [0.1, 0.15) is 65.2 Å². The summed E-state index contributed by atoms with van der Waals surface area (Å²) in [7, 11) is 0. The maximum Gasteiger partial charge on any atom is 0.335 e. The Hall–Kier alpha value is -1.32. The van der Waals surface area contributed by atoms with Gasteiger partial charge >= 0.3 is 5.97 Å². The van der Waals surface area contributed by atoms with Crippen LogP contribution < -0.4 is 0 Å². The van der Waals surface area contributed by atoms with E-state index in [0.717, 1.165) is 44.9 Å². The van der Waals surface area contributed by atoms with E-state index in [1.54, 1.807) is 0 Å². The zero-order valence-electron chi connectivity index (χ0n) is 19.4. The molecule has 184 valence electrons. The number of carbonyl (C=O) groups excluding carboxylic acids is 1. The van der Waals surface area contributed by atoms with Crippen molar-refractivity contribution in [2.75, 3.05) is 0 Å². The fourth-order valence-corrected chi connectivity index (χ4v) is 8.06. The average molecular weight is 465 g/mol. The number of aliphatic hydroxyl groups is 3. The first-order valence-corrected chi connectivity index (χ1v) is 12.4. The highest BCUT2D eigenvalue weighted by atomic mass is 16.7. The van der Waals surface area contributed by atoms with Crippen molar-refractivity contribution in [3.63, 3.8) is 0 Å². The van der Waals surface area contributed by atoms with Crippen LogP contribution in [0.5, 0.6) is 0 Å². The third kappa shape index (κ3) is 3.52. The molecule has 0 bridgehead atoms. The average Bonchev–Trinajstić information content (AvgIpc) is 3.10. The first-order valence-electron chi connectivity index (χ1n) is 12.4. The van der Waals surface area contributed by atoms with Crippen molar-refractivity contribution in [2.45, 2.75) is 102 Å². The molecule has 4 fully saturated rings. The Morgan fingerprint density at radius 3 is 2.48 bits per heavy atom. The third-order valence-corrected chi connectivity index (χ3v) is 9.99. The van der Waals surface area contributed by atoms with Crippen LogP contribution in [-0.2, 0) is 19.1 Å². The molecule has 3 saturated carbocycles. The van der Waals surface area contributed by atoms with Crippen LogP contribution in [0.25, 0.3) is 0 Å². The summed E-state index contributed by atoms with van der Waals surface area (Å²) in [6.07, 6.45) is 1.24.